The molecule has 0 unspecified atom stereocenters. The molecule has 0 saturated carbocycles. The van der Waals surface area contributed by atoms with Crippen molar-refractivity contribution >= 4 is 8.91 Å². The summed E-state index contributed by atoms with van der Waals surface area (Å²) < 4.78 is 4.42. The molecule has 0 aliphatic rings. The summed E-state index contributed by atoms with van der Waals surface area (Å²) >= 11 is -0.417. The molecule has 0 spiro atoms. The molecule has 1 nitrogen and oxygen atoms in total. The van der Waals surface area contributed by atoms with Gasteiger partial charge in [0.15, 0.2) is 0 Å². The molecule has 0 heterocycles. The normalized spacial score (nSPS) is 8.50. The van der Waals surface area contributed by atoms with Gasteiger partial charge in [0.25, 0.3) is 0 Å². The van der Waals surface area contributed by atoms with Crippen LogP contribution in [0.1, 0.15) is 0 Å². The molecule has 0 aromatic carbocycles. The Morgan fingerprint density at radius 3 is 2.25 bits per heavy atom. The predicted octanol–water partition coefficient (Wildman–Crippen LogP) is -2.21. The van der Waals surface area contributed by atoms with Crippen molar-refractivity contribution in [1.82, 2.24) is 0 Å². The van der Waals surface area contributed by atoms with E-state index in [2.05, 4.69) is 3.07 Å². The van der Waals surface area contributed by atoms with E-state index < -0.39 is 20.5 Å². The fourth-order valence-corrected chi connectivity index (χ4v) is 0. The Morgan fingerprint density at radius 1 is 2.00 bits per heavy atom. The molecule has 0 N–H and O–H groups in total. The van der Waals surface area contributed by atoms with Gasteiger partial charge in [0.1, 0.15) is 0 Å². The van der Waals surface area contributed by atoms with Crippen LogP contribution in [-0.4, -0.2) is 7.11 Å². The van der Waals surface area contributed by atoms with E-state index in [0.717, 1.165) is 0 Å². The van der Waals surface area contributed by atoms with Crippen LogP contribution < -0.4 is 20.5 Å². The molecule has 0 rings (SSSR count). The number of hydrogen-bond acceptors (Lipinski definition) is 1. The van der Waals surface area contributed by atoms with Gasteiger partial charge in [-0.05, 0) is 0 Å². The Kier molecular flexibility index (Phi) is 4.96. The van der Waals surface area contributed by atoms with Crippen molar-refractivity contribution < 1.29 is 23.6 Å². The second-order valence-electron chi connectivity index (χ2n) is 0.213. The minimum atomic E-state index is -0.417. The molecular formula is CH3ClIO-. The van der Waals surface area contributed by atoms with E-state index in [1.807, 2.05) is 0 Å². The van der Waals surface area contributed by atoms with Crippen LogP contribution in [-0.2, 0) is 3.07 Å². The second-order valence-corrected chi connectivity index (χ2v) is 2.21. The van der Waals surface area contributed by atoms with Crippen LogP contribution in [0.25, 0.3) is 0 Å². The third kappa shape index (κ3) is 2.98. The third-order valence-corrected chi connectivity index (χ3v) is 1.17. The summed E-state index contributed by atoms with van der Waals surface area (Å²) in [5.41, 5.74) is 0. The minimum absolute atomic E-state index is 0.417. The molecule has 0 aromatic rings. The van der Waals surface area contributed by atoms with Gasteiger partial charge in [-0.2, -0.15) is 0 Å². The Bertz CT molecular complexity index is 10.0. The molecular weight excluding hydrogens is 190 g/mol. The molecule has 0 aliphatic carbocycles. The summed E-state index contributed by atoms with van der Waals surface area (Å²) in [6.45, 7) is 0. The SMILES string of the molecule is CO[I-]Cl. The van der Waals surface area contributed by atoms with Crippen molar-refractivity contribution in [2.45, 2.75) is 0 Å². The number of rotatable bonds is 1. The molecule has 0 aromatic heterocycles. The first-order valence-electron chi connectivity index (χ1n) is 0.705. The number of halogens is 2. The fourth-order valence-electron chi connectivity index (χ4n) is 0. The van der Waals surface area contributed by atoms with Gasteiger partial charge < -0.3 is 0 Å². The summed E-state index contributed by atoms with van der Waals surface area (Å²) in [6.07, 6.45) is 0. The van der Waals surface area contributed by atoms with Crippen LogP contribution in [0, 0.1) is 0 Å². The van der Waals surface area contributed by atoms with Crippen LogP contribution in [0.5, 0.6) is 0 Å². The Morgan fingerprint density at radius 2 is 2.25 bits per heavy atom. The van der Waals surface area contributed by atoms with E-state index in [-0.39, 0.29) is 0 Å². The summed E-state index contributed by atoms with van der Waals surface area (Å²) in [5.74, 6) is 0. The van der Waals surface area contributed by atoms with Crippen LogP contribution in [0.15, 0.2) is 0 Å². The van der Waals surface area contributed by atoms with Crippen LogP contribution in [0.4, 0.5) is 0 Å². The third-order valence-electron chi connectivity index (χ3n) is 0.0583. The first-order valence-corrected chi connectivity index (χ1v) is 4.32. The van der Waals surface area contributed by atoms with Gasteiger partial charge in [0, 0.05) is 0 Å². The Balaban J connectivity index is 1.97. The van der Waals surface area contributed by atoms with Gasteiger partial charge in [0.2, 0.25) is 0 Å². The molecule has 0 radical (unpaired) electrons. The summed E-state index contributed by atoms with van der Waals surface area (Å²) in [6, 6.07) is 0. The molecule has 0 bridgehead atoms. The van der Waals surface area contributed by atoms with Crippen molar-refractivity contribution in [2.24, 2.45) is 0 Å². The van der Waals surface area contributed by atoms with Crippen molar-refractivity contribution in [1.29, 1.82) is 0 Å². The van der Waals surface area contributed by atoms with E-state index in [9.17, 15) is 0 Å². The average molecular weight is 193 g/mol. The zero-order chi connectivity index (χ0) is 3.41. The standard InChI is InChI=1S/CH3ClIO/c1-4-3-2/h1H3/q-1. The van der Waals surface area contributed by atoms with Crippen LogP contribution in [0.2, 0.25) is 0 Å². The summed E-state index contributed by atoms with van der Waals surface area (Å²) in [5, 5.41) is 0. The van der Waals surface area contributed by atoms with E-state index >= 15 is 0 Å². The molecule has 0 aliphatic heterocycles. The first-order chi connectivity index (χ1) is 1.91. The van der Waals surface area contributed by atoms with Crippen molar-refractivity contribution in [3.8, 4) is 0 Å². The molecule has 4 heavy (non-hydrogen) atoms. The van der Waals surface area contributed by atoms with Crippen LogP contribution in [0.3, 0.4) is 0 Å². The van der Waals surface area contributed by atoms with Crippen molar-refractivity contribution in [2.75, 3.05) is 7.11 Å². The van der Waals surface area contributed by atoms with Gasteiger partial charge in [-0.25, -0.2) is 0 Å². The maximum atomic E-state index is 5.07. The summed E-state index contributed by atoms with van der Waals surface area (Å²) in [4.78, 5) is 0. The average Bonchev–Trinajstić information content (AvgIpc) is 1.37. The molecule has 0 saturated heterocycles. The fraction of sp³-hybridized carbons (Fsp3) is 1.00. The van der Waals surface area contributed by atoms with E-state index in [4.69, 9.17) is 8.91 Å². The quantitative estimate of drug-likeness (QED) is 0.429. The predicted molar refractivity (Wildman–Crippen MR) is 12.9 cm³/mol. The van der Waals surface area contributed by atoms with Gasteiger partial charge in [0.05, 0.1) is 0 Å². The van der Waals surface area contributed by atoms with Crippen molar-refractivity contribution in [3.05, 3.63) is 0 Å². The zero-order valence-corrected chi connectivity index (χ0v) is 5.08. The topological polar surface area (TPSA) is 9.23 Å². The van der Waals surface area contributed by atoms with Gasteiger partial charge in [-0.1, -0.05) is 0 Å². The zero-order valence-electron chi connectivity index (χ0n) is 2.16. The van der Waals surface area contributed by atoms with Gasteiger partial charge in [-0.15, -0.1) is 0 Å². The number of hydrogen-bond donors (Lipinski definition) is 0. The molecule has 0 atom stereocenters. The van der Waals surface area contributed by atoms with E-state index in [1.54, 1.807) is 7.11 Å². The van der Waals surface area contributed by atoms with Crippen LogP contribution >= 0.6 is 8.91 Å². The second kappa shape index (κ2) is 3.98. The van der Waals surface area contributed by atoms with E-state index in [1.165, 1.54) is 0 Å². The van der Waals surface area contributed by atoms with E-state index in [0.29, 0.717) is 0 Å². The molecule has 0 amide bonds. The molecule has 0 fully saturated rings. The molecule has 3 heteroatoms. The van der Waals surface area contributed by atoms with Crippen molar-refractivity contribution in [3.63, 3.8) is 0 Å². The monoisotopic (exact) mass is 193 g/mol. The first kappa shape index (κ1) is 4.98. The van der Waals surface area contributed by atoms with Gasteiger partial charge >= 0.3 is 39.6 Å². The maximum absolute atomic E-state index is 5.07. The molecule has 28 valence electrons. The Hall–Kier alpha value is 0.980. The Labute approximate surface area is 39.8 Å². The van der Waals surface area contributed by atoms with Gasteiger partial charge in [-0.3, -0.25) is 0 Å². The summed E-state index contributed by atoms with van der Waals surface area (Å²) in [7, 11) is 6.67.